The topological polar surface area (TPSA) is 30.7 Å². The van der Waals surface area contributed by atoms with Crippen LogP contribution in [0.5, 0.6) is 0 Å². The van der Waals surface area contributed by atoms with Crippen LogP contribution in [0.2, 0.25) is 0 Å². The molecule has 3 nitrogen and oxygen atoms in total. The van der Waals surface area contributed by atoms with Crippen molar-refractivity contribution in [3.63, 3.8) is 0 Å². The van der Waals surface area contributed by atoms with E-state index in [1.807, 2.05) is 4.68 Å². The van der Waals surface area contributed by atoms with E-state index in [2.05, 4.69) is 44.2 Å². The summed E-state index contributed by atoms with van der Waals surface area (Å²) >= 11 is 0. The highest BCUT2D eigenvalue weighted by molar-refractivity contribution is 4.97. The predicted octanol–water partition coefficient (Wildman–Crippen LogP) is 4.40. The standard InChI is InChI=1S/C15H29N3/c1-13(2)10-8-6-5-7-9-11-18-12-15(14(3)4)16-17-18/h12-14H,5-11H2,1-4H3. The van der Waals surface area contributed by atoms with E-state index < -0.39 is 0 Å². The molecule has 0 fully saturated rings. The molecule has 18 heavy (non-hydrogen) atoms. The molecular weight excluding hydrogens is 222 g/mol. The third-order valence-electron chi connectivity index (χ3n) is 3.32. The zero-order valence-corrected chi connectivity index (χ0v) is 12.5. The monoisotopic (exact) mass is 251 g/mol. The van der Waals surface area contributed by atoms with Crippen LogP contribution in [0.1, 0.15) is 77.8 Å². The number of nitrogens with zero attached hydrogens (tertiary/aromatic N) is 3. The Balaban J connectivity index is 2.03. The number of hydrogen-bond donors (Lipinski definition) is 0. The maximum atomic E-state index is 4.18. The Bertz CT molecular complexity index is 315. The summed E-state index contributed by atoms with van der Waals surface area (Å²) in [6.07, 6.45) is 10.1. The zero-order chi connectivity index (χ0) is 13.4. The molecule has 0 aliphatic rings. The number of aromatic nitrogens is 3. The fraction of sp³-hybridized carbons (Fsp3) is 0.867. The molecule has 0 aliphatic heterocycles. The molecule has 0 amide bonds. The van der Waals surface area contributed by atoms with E-state index in [1.54, 1.807) is 0 Å². The highest BCUT2D eigenvalue weighted by Crippen LogP contribution is 2.12. The van der Waals surface area contributed by atoms with Crippen molar-refractivity contribution in [3.05, 3.63) is 11.9 Å². The van der Waals surface area contributed by atoms with Crippen molar-refractivity contribution in [2.45, 2.75) is 78.7 Å². The van der Waals surface area contributed by atoms with Crippen LogP contribution in [-0.2, 0) is 6.54 Å². The lowest BCUT2D eigenvalue weighted by atomic mass is 10.0. The third kappa shape index (κ3) is 6.18. The molecule has 0 saturated carbocycles. The lowest BCUT2D eigenvalue weighted by molar-refractivity contribution is 0.490. The Morgan fingerprint density at radius 2 is 1.67 bits per heavy atom. The molecule has 0 unspecified atom stereocenters. The molecule has 0 radical (unpaired) electrons. The van der Waals surface area contributed by atoms with E-state index in [4.69, 9.17) is 0 Å². The maximum Gasteiger partial charge on any atom is 0.0852 e. The first-order valence-electron chi connectivity index (χ1n) is 7.49. The van der Waals surface area contributed by atoms with Crippen molar-refractivity contribution in [2.75, 3.05) is 0 Å². The minimum atomic E-state index is 0.481. The van der Waals surface area contributed by atoms with E-state index >= 15 is 0 Å². The van der Waals surface area contributed by atoms with Crippen LogP contribution in [-0.4, -0.2) is 15.0 Å². The molecular formula is C15H29N3. The van der Waals surface area contributed by atoms with Crippen molar-refractivity contribution in [3.8, 4) is 0 Å². The van der Waals surface area contributed by atoms with Gasteiger partial charge in [0.1, 0.15) is 0 Å². The van der Waals surface area contributed by atoms with Crippen LogP contribution in [0.25, 0.3) is 0 Å². The largest absolute Gasteiger partial charge is 0.252 e. The van der Waals surface area contributed by atoms with Gasteiger partial charge in [-0.3, -0.25) is 4.68 Å². The Labute approximate surface area is 112 Å². The van der Waals surface area contributed by atoms with Crippen LogP contribution in [0.3, 0.4) is 0 Å². The van der Waals surface area contributed by atoms with Crippen molar-refractivity contribution in [2.24, 2.45) is 5.92 Å². The average Bonchev–Trinajstić information content (AvgIpc) is 2.76. The van der Waals surface area contributed by atoms with E-state index in [9.17, 15) is 0 Å². The average molecular weight is 251 g/mol. The van der Waals surface area contributed by atoms with Crippen LogP contribution in [0.15, 0.2) is 6.20 Å². The van der Waals surface area contributed by atoms with Gasteiger partial charge in [-0.05, 0) is 18.3 Å². The predicted molar refractivity (Wildman–Crippen MR) is 76.7 cm³/mol. The molecule has 0 spiro atoms. The Kier molecular flexibility index (Phi) is 6.99. The minimum Gasteiger partial charge on any atom is -0.252 e. The van der Waals surface area contributed by atoms with Crippen LogP contribution in [0.4, 0.5) is 0 Å². The van der Waals surface area contributed by atoms with Crippen LogP contribution >= 0.6 is 0 Å². The van der Waals surface area contributed by atoms with Gasteiger partial charge in [-0.15, -0.1) is 5.10 Å². The fourth-order valence-electron chi connectivity index (χ4n) is 2.04. The third-order valence-corrected chi connectivity index (χ3v) is 3.32. The van der Waals surface area contributed by atoms with Crippen molar-refractivity contribution in [1.82, 2.24) is 15.0 Å². The van der Waals surface area contributed by atoms with E-state index in [0.29, 0.717) is 5.92 Å². The molecule has 0 bridgehead atoms. The van der Waals surface area contributed by atoms with E-state index in [1.165, 1.54) is 38.5 Å². The Hall–Kier alpha value is -0.860. The molecule has 1 rings (SSSR count). The zero-order valence-electron chi connectivity index (χ0n) is 12.5. The fourth-order valence-corrected chi connectivity index (χ4v) is 2.04. The molecule has 3 heteroatoms. The first-order chi connectivity index (χ1) is 8.59. The smallest absolute Gasteiger partial charge is 0.0852 e. The Morgan fingerprint density at radius 1 is 1.00 bits per heavy atom. The van der Waals surface area contributed by atoms with Gasteiger partial charge < -0.3 is 0 Å². The summed E-state index contributed by atoms with van der Waals surface area (Å²) in [4.78, 5) is 0. The van der Waals surface area contributed by atoms with Gasteiger partial charge in [0.05, 0.1) is 5.69 Å². The van der Waals surface area contributed by atoms with E-state index in [0.717, 1.165) is 18.2 Å². The van der Waals surface area contributed by atoms with Gasteiger partial charge >= 0.3 is 0 Å². The Morgan fingerprint density at radius 3 is 2.28 bits per heavy atom. The summed E-state index contributed by atoms with van der Waals surface area (Å²) in [5.41, 5.74) is 1.10. The first-order valence-corrected chi connectivity index (χ1v) is 7.49. The van der Waals surface area contributed by atoms with Gasteiger partial charge in [-0.25, -0.2) is 0 Å². The summed E-state index contributed by atoms with van der Waals surface area (Å²) < 4.78 is 1.99. The van der Waals surface area contributed by atoms with Gasteiger partial charge in [0, 0.05) is 12.7 Å². The van der Waals surface area contributed by atoms with Gasteiger partial charge in [0.25, 0.3) is 0 Å². The molecule has 0 atom stereocenters. The van der Waals surface area contributed by atoms with Crippen molar-refractivity contribution in [1.29, 1.82) is 0 Å². The minimum absolute atomic E-state index is 0.481. The van der Waals surface area contributed by atoms with Crippen molar-refractivity contribution >= 4 is 0 Å². The highest BCUT2D eigenvalue weighted by Gasteiger charge is 2.04. The SMILES string of the molecule is CC(C)CCCCCCCn1cc(C(C)C)nn1. The van der Waals surface area contributed by atoms with E-state index in [-0.39, 0.29) is 0 Å². The molecule has 0 aliphatic carbocycles. The molecule has 0 saturated heterocycles. The second-order valence-corrected chi connectivity index (χ2v) is 6.01. The van der Waals surface area contributed by atoms with Crippen molar-refractivity contribution < 1.29 is 0 Å². The molecule has 0 N–H and O–H groups in total. The first kappa shape index (κ1) is 15.2. The number of rotatable bonds is 9. The molecule has 1 heterocycles. The highest BCUT2D eigenvalue weighted by atomic mass is 15.4. The second-order valence-electron chi connectivity index (χ2n) is 6.01. The summed E-state index contributed by atoms with van der Waals surface area (Å²) in [5.74, 6) is 1.34. The molecule has 0 aromatic carbocycles. The van der Waals surface area contributed by atoms with Crippen LogP contribution < -0.4 is 0 Å². The summed E-state index contributed by atoms with van der Waals surface area (Å²) in [5, 5.41) is 8.34. The van der Waals surface area contributed by atoms with Gasteiger partial charge in [0.15, 0.2) is 0 Å². The van der Waals surface area contributed by atoms with Gasteiger partial charge in [-0.2, -0.15) is 0 Å². The quantitative estimate of drug-likeness (QED) is 0.609. The molecule has 1 aromatic heterocycles. The van der Waals surface area contributed by atoms with Gasteiger partial charge in [-0.1, -0.05) is 65.0 Å². The van der Waals surface area contributed by atoms with Crippen LogP contribution in [0, 0.1) is 5.92 Å². The lowest BCUT2D eigenvalue weighted by Gasteiger charge is -2.04. The lowest BCUT2D eigenvalue weighted by Crippen LogP contribution is -1.98. The summed E-state index contributed by atoms with van der Waals surface area (Å²) in [7, 11) is 0. The summed E-state index contributed by atoms with van der Waals surface area (Å²) in [6, 6.07) is 0. The maximum absolute atomic E-state index is 4.18. The summed E-state index contributed by atoms with van der Waals surface area (Å²) in [6.45, 7) is 9.93. The number of aryl methyl sites for hydroxylation is 1. The normalized spacial score (nSPS) is 11.7. The second kappa shape index (κ2) is 8.28. The number of unbranched alkanes of at least 4 members (excludes halogenated alkanes) is 4. The van der Waals surface area contributed by atoms with Gasteiger partial charge in [0.2, 0.25) is 0 Å². The molecule has 104 valence electrons. The number of hydrogen-bond acceptors (Lipinski definition) is 2. The molecule has 1 aromatic rings.